The van der Waals surface area contributed by atoms with E-state index in [4.69, 9.17) is 5.73 Å². The quantitative estimate of drug-likeness (QED) is 0.575. The van der Waals surface area contributed by atoms with Crippen LogP contribution in [0, 0.1) is 2.88 Å². The van der Waals surface area contributed by atoms with Crippen molar-refractivity contribution in [2.24, 2.45) is 19.8 Å². The van der Waals surface area contributed by atoms with E-state index in [1.165, 1.54) is 2.88 Å². The molecule has 0 saturated carbocycles. The van der Waals surface area contributed by atoms with E-state index < -0.39 is 0 Å². The third-order valence-corrected chi connectivity index (χ3v) is 6.17. The van der Waals surface area contributed by atoms with Gasteiger partial charge < -0.3 is 5.73 Å². The molecule has 4 nitrogen and oxygen atoms in total. The molecule has 0 aliphatic rings. The topological polar surface area (TPSA) is 53.0 Å². The van der Waals surface area contributed by atoms with Gasteiger partial charge >= 0.3 is 5.69 Å². The molecule has 0 aliphatic carbocycles. The van der Waals surface area contributed by atoms with Crippen LogP contribution in [0.25, 0.3) is 11.0 Å². The summed E-state index contributed by atoms with van der Waals surface area (Å²) in [6.07, 6.45) is 0. The van der Waals surface area contributed by atoms with Crippen LogP contribution < -0.4 is 11.4 Å². The van der Waals surface area contributed by atoms with Gasteiger partial charge in [-0.05, 0) is 57.3 Å². The average molecular weight is 478 g/mol. The highest BCUT2D eigenvalue weighted by Crippen LogP contribution is 2.32. The van der Waals surface area contributed by atoms with Crippen molar-refractivity contribution in [2.45, 2.75) is 6.04 Å². The maximum Gasteiger partial charge on any atom is 0.328 e. The Morgan fingerprint density at radius 3 is 2.43 bits per heavy atom. The molecule has 0 amide bonds. The Morgan fingerprint density at radius 1 is 1.24 bits per heavy atom. The summed E-state index contributed by atoms with van der Waals surface area (Å²) in [5, 5.41) is 2.08. The van der Waals surface area contributed by atoms with Crippen LogP contribution in [0.4, 0.5) is 0 Å². The van der Waals surface area contributed by atoms with Crippen LogP contribution in [-0.2, 0) is 14.1 Å². The second-order valence-electron chi connectivity index (χ2n) is 4.92. The second kappa shape index (κ2) is 5.53. The molecule has 3 rings (SSSR count). The van der Waals surface area contributed by atoms with Crippen molar-refractivity contribution in [1.29, 1.82) is 0 Å². The zero-order valence-electron chi connectivity index (χ0n) is 11.4. The number of aryl methyl sites for hydroxylation is 2. The zero-order chi connectivity index (χ0) is 15.3. The third-order valence-electron chi connectivity index (χ3n) is 3.67. The smallest absolute Gasteiger partial charge is 0.320 e. The van der Waals surface area contributed by atoms with E-state index in [2.05, 4.69) is 50.0 Å². The lowest BCUT2D eigenvalue weighted by Crippen LogP contribution is -2.19. The molecule has 21 heavy (non-hydrogen) atoms. The monoisotopic (exact) mass is 477 g/mol. The number of thiophene rings is 1. The highest BCUT2D eigenvalue weighted by molar-refractivity contribution is 14.1. The molecule has 2 aromatic heterocycles. The predicted molar refractivity (Wildman–Crippen MR) is 98.9 cm³/mol. The van der Waals surface area contributed by atoms with Crippen LogP contribution in [0.3, 0.4) is 0 Å². The first-order valence-electron chi connectivity index (χ1n) is 6.24. The van der Waals surface area contributed by atoms with Gasteiger partial charge in [0.1, 0.15) is 0 Å². The van der Waals surface area contributed by atoms with Crippen LogP contribution in [0.5, 0.6) is 0 Å². The fourth-order valence-electron chi connectivity index (χ4n) is 2.44. The molecule has 0 radical (unpaired) electrons. The van der Waals surface area contributed by atoms with Gasteiger partial charge in [0.15, 0.2) is 0 Å². The Bertz CT molecular complexity index is 896. The summed E-state index contributed by atoms with van der Waals surface area (Å²) in [6.45, 7) is 0. The van der Waals surface area contributed by atoms with Crippen LogP contribution in [-0.4, -0.2) is 9.13 Å². The van der Waals surface area contributed by atoms with Gasteiger partial charge in [0.25, 0.3) is 0 Å². The lowest BCUT2D eigenvalue weighted by atomic mass is 10.0. The Morgan fingerprint density at radius 2 is 1.86 bits per heavy atom. The highest BCUT2D eigenvalue weighted by atomic mass is 127. The number of hydrogen-bond donors (Lipinski definition) is 1. The molecule has 0 aliphatic heterocycles. The van der Waals surface area contributed by atoms with E-state index in [0.717, 1.165) is 26.6 Å². The van der Waals surface area contributed by atoms with Gasteiger partial charge in [-0.2, -0.15) is 0 Å². The highest BCUT2D eigenvalue weighted by Gasteiger charge is 2.17. The lowest BCUT2D eigenvalue weighted by molar-refractivity contribution is 0.795. The molecule has 0 spiro atoms. The third kappa shape index (κ3) is 2.49. The standard InChI is InChI=1S/C14H13BrIN3OS/c1-18-10-4-8(13(17)7-3-12(16)21-6-7)9(15)5-11(10)19(2)14(18)20/h3-6,13H,17H2,1-2H3. The largest absolute Gasteiger partial charge is 0.328 e. The molecular weight excluding hydrogens is 465 g/mol. The minimum absolute atomic E-state index is 0.0345. The predicted octanol–water partition coefficient (Wildman–Crippen LogP) is 3.35. The summed E-state index contributed by atoms with van der Waals surface area (Å²) < 4.78 is 5.42. The van der Waals surface area contributed by atoms with Gasteiger partial charge in [-0.1, -0.05) is 15.9 Å². The summed E-state index contributed by atoms with van der Waals surface area (Å²) in [5.74, 6) is 0. The first kappa shape index (κ1) is 15.3. The van der Waals surface area contributed by atoms with Gasteiger partial charge in [0, 0.05) is 18.6 Å². The van der Waals surface area contributed by atoms with Gasteiger partial charge in [0.2, 0.25) is 0 Å². The minimum Gasteiger partial charge on any atom is -0.320 e. The number of fused-ring (bicyclic) bond motifs is 1. The average Bonchev–Trinajstić information content (AvgIpc) is 2.97. The van der Waals surface area contributed by atoms with E-state index >= 15 is 0 Å². The molecule has 1 unspecified atom stereocenters. The van der Waals surface area contributed by atoms with Crippen molar-refractivity contribution < 1.29 is 0 Å². The molecule has 1 atom stereocenters. The molecule has 2 N–H and O–H groups in total. The van der Waals surface area contributed by atoms with E-state index in [0.29, 0.717) is 0 Å². The second-order valence-corrected chi connectivity index (χ2v) is 8.58. The van der Waals surface area contributed by atoms with Crippen LogP contribution in [0.15, 0.2) is 32.8 Å². The summed E-state index contributed by atoms with van der Waals surface area (Å²) in [6, 6.07) is 5.84. The van der Waals surface area contributed by atoms with E-state index in [1.54, 1.807) is 34.6 Å². The number of rotatable bonds is 2. The van der Waals surface area contributed by atoms with E-state index in [1.807, 2.05) is 12.1 Å². The number of halogens is 2. The van der Waals surface area contributed by atoms with Crippen molar-refractivity contribution in [1.82, 2.24) is 9.13 Å². The number of nitrogens with two attached hydrogens (primary N) is 1. The Hall–Kier alpha value is -0.640. The molecular formula is C14H13BrIN3OS. The number of nitrogens with zero attached hydrogens (tertiary/aromatic N) is 2. The summed E-state index contributed by atoms with van der Waals surface area (Å²) in [4.78, 5) is 12.0. The van der Waals surface area contributed by atoms with Gasteiger partial charge in [-0.25, -0.2) is 4.79 Å². The molecule has 7 heteroatoms. The van der Waals surface area contributed by atoms with Crippen LogP contribution in [0.2, 0.25) is 0 Å². The molecule has 3 aromatic rings. The molecule has 0 fully saturated rings. The van der Waals surface area contributed by atoms with Crippen molar-refractivity contribution in [3.05, 3.63) is 52.5 Å². The maximum atomic E-state index is 12.0. The molecule has 2 heterocycles. The fourth-order valence-corrected chi connectivity index (χ4v) is 4.43. The normalized spacial score (nSPS) is 13.0. The fraction of sp³-hybridized carbons (Fsp3) is 0.214. The van der Waals surface area contributed by atoms with Gasteiger partial charge in [-0.15, -0.1) is 11.3 Å². The lowest BCUT2D eigenvalue weighted by Gasteiger charge is -2.13. The first-order chi connectivity index (χ1) is 9.90. The number of hydrogen-bond acceptors (Lipinski definition) is 3. The molecule has 0 bridgehead atoms. The van der Waals surface area contributed by atoms with Crippen molar-refractivity contribution >= 4 is 60.9 Å². The first-order valence-corrected chi connectivity index (χ1v) is 8.99. The summed E-state index contributed by atoms with van der Waals surface area (Å²) >= 11 is 7.56. The van der Waals surface area contributed by atoms with Crippen molar-refractivity contribution in [2.75, 3.05) is 0 Å². The summed E-state index contributed by atoms with van der Waals surface area (Å²) in [7, 11) is 3.55. The Kier molecular flexibility index (Phi) is 4.02. The minimum atomic E-state index is -0.209. The van der Waals surface area contributed by atoms with Gasteiger partial charge in [0.05, 0.1) is 20.0 Å². The van der Waals surface area contributed by atoms with Gasteiger partial charge in [-0.3, -0.25) is 9.13 Å². The Balaban J connectivity index is 2.21. The molecule has 1 aromatic carbocycles. The van der Waals surface area contributed by atoms with Crippen LogP contribution >= 0.6 is 49.9 Å². The van der Waals surface area contributed by atoms with E-state index in [9.17, 15) is 4.79 Å². The van der Waals surface area contributed by atoms with Crippen LogP contribution in [0.1, 0.15) is 17.2 Å². The number of benzene rings is 1. The Labute approximate surface area is 147 Å². The van der Waals surface area contributed by atoms with Crippen molar-refractivity contribution in [3.8, 4) is 0 Å². The summed E-state index contributed by atoms with van der Waals surface area (Å²) in [5.41, 5.74) is 10.2. The zero-order valence-corrected chi connectivity index (χ0v) is 16.0. The number of aromatic nitrogens is 2. The number of imidazole rings is 1. The maximum absolute atomic E-state index is 12.0. The molecule has 0 saturated heterocycles. The molecule has 110 valence electrons. The SMILES string of the molecule is Cn1c(=O)n(C)c2cc(C(N)c3csc(I)c3)c(Br)cc21. The van der Waals surface area contributed by atoms with Crippen molar-refractivity contribution in [3.63, 3.8) is 0 Å². The van der Waals surface area contributed by atoms with E-state index in [-0.39, 0.29) is 11.7 Å².